The highest BCUT2D eigenvalue weighted by Crippen LogP contribution is 2.40. The van der Waals surface area contributed by atoms with Gasteiger partial charge in [0.25, 0.3) is 0 Å². The molecule has 1 aliphatic carbocycles. The third kappa shape index (κ3) is 4.52. The second kappa shape index (κ2) is 9.18. The van der Waals surface area contributed by atoms with Gasteiger partial charge in [-0.15, -0.1) is 0 Å². The predicted molar refractivity (Wildman–Crippen MR) is 145 cm³/mol. The molecule has 0 saturated heterocycles. The fourth-order valence-electron chi connectivity index (χ4n) is 5.66. The standard InChI is InChI=1S/C29H32N6O2/c1-29(2)26(35-25-27(30)31-16-32-28(25)37-29)20-10-8-19(9-11-20)18-6-4-17(5-7-18)14-24-33-22-13-12-21(36-3)15-23(22)34-24/h8-13,15-18H,4-7,14H2,1-3H3,(H,33,34)(H2,30,31,32). The van der Waals surface area contributed by atoms with Crippen LogP contribution < -0.4 is 15.2 Å². The summed E-state index contributed by atoms with van der Waals surface area (Å²) in [7, 11) is 1.69. The van der Waals surface area contributed by atoms with Crippen molar-refractivity contribution in [1.29, 1.82) is 0 Å². The van der Waals surface area contributed by atoms with E-state index in [2.05, 4.69) is 39.2 Å². The number of nitrogens with zero attached hydrogens (tertiary/aromatic N) is 4. The zero-order valence-electron chi connectivity index (χ0n) is 21.5. The van der Waals surface area contributed by atoms with Gasteiger partial charge in [0.2, 0.25) is 5.88 Å². The molecule has 8 nitrogen and oxygen atoms in total. The van der Waals surface area contributed by atoms with E-state index < -0.39 is 5.60 Å². The maximum absolute atomic E-state index is 6.13. The number of imidazole rings is 1. The number of methoxy groups -OCH3 is 1. The lowest BCUT2D eigenvalue weighted by atomic mass is 9.77. The molecule has 4 aromatic rings. The summed E-state index contributed by atoms with van der Waals surface area (Å²) in [6.45, 7) is 4.00. The molecule has 0 atom stereocenters. The average molecular weight is 497 g/mol. The van der Waals surface area contributed by atoms with Gasteiger partial charge >= 0.3 is 0 Å². The van der Waals surface area contributed by atoms with Crippen molar-refractivity contribution < 1.29 is 9.47 Å². The first kappa shape index (κ1) is 23.5. The van der Waals surface area contributed by atoms with E-state index in [1.807, 2.05) is 32.0 Å². The molecule has 37 heavy (non-hydrogen) atoms. The van der Waals surface area contributed by atoms with E-state index in [1.165, 1.54) is 37.6 Å². The van der Waals surface area contributed by atoms with Crippen LogP contribution >= 0.6 is 0 Å². The van der Waals surface area contributed by atoms with Gasteiger partial charge in [0.1, 0.15) is 23.5 Å². The first-order valence-corrected chi connectivity index (χ1v) is 12.9. The highest BCUT2D eigenvalue weighted by atomic mass is 16.5. The number of hydrogen-bond donors (Lipinski definition) is 2. The topological polar surface area (TPSA) is 111 Å². The molecule has 1 aliphatic heterocycles. The van der Waals surface area contributed by atoms with Crippen LogP contribution in [0.1, 0.15) is 62.4 Å². The summed E-state index contributed by atoms with van der Waals surface area (Å²) in [5.74, 6) is 3.91. The Balaban J connectivity index is 1.12. The van der Waals surface area contributed by atoms with E-state index in [1.54, 1.807) is 7.11 Å². The molecule has 1 fully saturated rings. The second-order valence-electron chi connectivity index (χ2n) is 10.6. The zero-order chi connectivity index (χ0) is 25.6. The van der Waals surface area contributed by atoms with Gasteiger partial charge in [-0.1, -0.05) is 24.3 Å². The Bertz CT molecular complexity index is 1470. The summed E-state index contributed by atoms with van der Waals surface area (Å²) in [5.41, 5.74) is 11.2. The van der Waals surface area contributed by atoms with Crippen molar-refractivity contribution in [1.82, 2.24) is 19.9 Å². The molecule has 3 heterocycles. The summed E-state index contributed by atoms with van der Waals surface area (Å²) >= 11 is 0. The van der Waals surface area contributed by atoms with Gasteiger partial charge in [0.05, 0.1) is 23.9 Å². The molecule has 2 aromatic heterocycles. The highest BCUT2D eigenvalue weighted by Gasteiger charge is 2.35. The Kier molecular flexibility index (Phi) is 5.82. The van der Waals surface area contributed by atoms with Crippen molar-refractivity contribution in [2.75, 3.05) is 12.8 Å². The van der Waals surface area contributed by atoms with E-state index >= 15 is 0 Å². The first-order chi connectivity index (χ1) is 17.9. The number of ether oxygens (including phenoxy) is 2. The maximum Gasteiger partial charge on any atom is 0.246 e. The molecule has 8 heteroatoms. The summed E-state index contributed by atoms with van der Waals surface area (Å²) in [6, 6.07) is 14.8. The lowest BCUT2D eigenvalue weighted by molar-refractivity contribution is 0.171. The zero-order valence-corrected chi connectivity index (χ0v) is 21.5. The number of anilines is 1. The highest BCUT2D eigenvalue weighted by molar-refractivity contribution is 6.09. The van der Waals surface area contributed by atoms with E-state index in [0.29, 0.717) is 29.2 Å². The number of fused-ring (bicyclic) bond motifs is 2. The van der Waals surface area contributed by atoms with Crippen LogP contribution in [0.4, 0.5) is 11.5 Å². The minimum absolute atomic E-state index is 0.328. The number of rotatable bonds is 5. The fourth-order valence-corrected chi connectivity index (χ4v) is 5.66. The first-order valence-electron chi connectivity index (χ1n) is 12.9. The largest absolute Gasteiger partial charge is 0.497 e. The number of nitrogens with two attached hydrogens (primary N) is 1. The Morgan fingerprint density at radius 2 is 1.84 bits per heavy atom. The summed E-state index contributed by atoms with van der Waals surface area (Å²) < 4.78 is 11.5. The number of aliphatic imine (C=N–C) groups is 1. The van der Waals surface area contributed by atoms with Crippen LogP contribution in [0.2, 0.25) is 0 Å². The van der Waals surface area contributed by atoms with Crippen molar-refractivity contribution in [3.8, 4) is 11.6 Å². The second-order valence-corrected chi connectivity index (χ2v) is 10.6. The maximum atomic E-state index is 6.13. The number of aromatic amines is 1. The van der Waals surface area contributed by atoms with Gasteiger partial charge < -0.3 is 20.2 Å². The molecule has 190 valence electrons. The van der Waals surface area contributed by atoms with Crippen LogP contribution in [-0.4, -0.2) is 38.4 Å². The molecule has 3 N–H and O–H groups in total. The third-order valence-electron chi connectivity index (χ3n) is 7.69. The van der Waals surface area contributed by atoms with Crippen LogP contribution in [-0.2, 0) is 6.42 Å². The summed E-state index contributed by atoms with van der Waals surface area (Å²) in [6.07, 6.45) is 7.19. The van der Waals surface area contributed by atoms with E-state index in [0.717, 1.165) is 40.3 Å². The molecular formula is C29H32N6O2. The SMILES string of the molecule is COc1ccc2nc(CC3CCC(c4ccc(C5=Nc6c(N)ncnc6OC5(C)C)cc4)CC3)[nH]c2c1. The lowest BCUT2D eigenvalue weighted by Crippen LogP contribution is -2.41. The van der Waals surface area contributed by atoms with Gasteiger partial charge in [0.15, 0.2) is 11.5 Å². The Hall–Kier alpha value is -3.94. The number of nitrogens with one attached hydrogen (secondary N) is 1. The number of H-pyrrole nitrogens is 1. The van der Waals surface area contributed by atoms with Crippen LogP contribution in [0, 0.1) is 5.92 Å². The number of benzene rings is 2. The molecule has 0 amide bonds. The Morgan fingerprint density at radius 3 is 2.59 bits per heavy atom. The van der Waals surface area contributed by atoms with Crippen molar-refractivity contribution >= 4 is 28.3 Å². The Labute approximate surface area is 216 Å². The molecule has 0 radical (unpaired) electrons. The summed E-state index contributed by atoms with van der Waals surface area (Å²) in [4.78, 5) is 21.4. The quantitative estimate of drug-likeness (QED) is 0.364. The van der Waals surface area contributed by atoms with Crippen molar-refractivity contribution in [2.24, 2.45) is 10.9 Å². The number of hydrogen-bond acceptors (Lipinski definition) is 7. The van der Waals surface area contributed by atoms with Crippen molar-refractivity contribution in [2.45, 2.75) is 57.5 Å². The van der Waals surface area contributed by atoms with Crippen LogP contribution in [0.25, 0.3) is 11.0 Å². The van der Waals surface area contributed by atoms with Crippen LogP contribution in [0.3, 0.4) is 0 Å². The molecule has 2 aliphatic rings. The molecule has 0 unspecified atom stereocenters. The molecular weight excluding hydrogens is 464 g/mol. The molecule has 1 saturated carbocycles. The van der Waals surface area contributed by atoms with Gasteiger partial charge in [-0.05, 0) is 69.1 Å². The predicted octanol–water partition coefficient (Wildman–Crippen LogP) is 5.75. The third-order valence-corrected chi connectivity index (χ3v) is 7.69. The van der Waals surface area contributed by atoms with E-state index in [9.17, 15) is 0 Å². The van der Waals surface area contributed by atoms with Gasteiger partial charge in [-0.2, -0.15) is 4.98 Å². The monoisotopic (exact) mass is 496 g/mol. The Morgan fingerprint density at radius 1 is 1.05 bits per heavy atom. The number of nitrogen functional groups attached to an aromatic ring is 1. The van der Waals surface area contributed by atoms with Gasteiger partial charge in [-0.3, -0.25) is 0 Å². The normalized spacial score (nSPS) is 20.7. The average Bonchev–Trinajstić information content (AvgIpc) is 3.30. The van der Waals surface area contributed by atoms with E-state index in [-0.39, 0.29) is 0 Å². The van der Waals surface area contributed by atoms with Crippen molar-refractivity contribution in [3.63, 3.8) is 0 Å². The van der Waals surface area contributed by atoms with Gasteiger partial charge in [-0.25, -0.2) is 15.0 Å². The smallest absolute Gasteiger partial charge is 0.246 e. The minimum Gasteiger partial charge on any atom is -0.497 e. The van der Waals surface area contributed by atoms with E-state index in [4.69, 9.17) is 25.2 Å². The molecule has 0 spiro atoms. The van der Waals surface area contributed by atoms with Crippen LogP contribution in [0.5, 0.6) is 11.6 Å². The molecule has 6 rings (SSSR count). The molecule has 0 bridgehead atoms. The minimum atomic E-state index is -0.616. The van der Waals surface area contributed by atoms with Crippen LogP contribution in [0.15, 0.2) is 53.8 Å². The van der Waals surface area contributed by atoms with Crippen molar-refractivity contribution in [3.05, 3.63) is 65.7 Å². The summed E-state index contributed by atoms with van der Waals surface area (Å²) in [5, 5.41) is 0. The number of aromatic nitrogens is 4. The fraction of sp³-hybridized carbons (Fsp3) is 0.379. The van der Waals surface area contributed by atoms with Gasteiger partial charge in [0, 0.05) is 18.1 Å². The lowest BCUT2D eigenvalue weighted by Gasteiger charge is -2.32. The molecule has 2 aromatic carbocycles.